The Labute approximate surface area is 102 Å². The minimum atomic E-state index is -0.0602. The summed E-state index contributed by atoms with van der Waals surface area (Å²) < 4.78 is 0. The summed E-state index contributed by atoms with van der Waals surface area (Å²) in [5.41, 5.74) is 6.61. The van der Waals surface area contributed by atoms with E-state index in [-0.39, 0.29) is 5.91 Å². The molecule has 0 saturated heterocycles. The second-order valence-corrected chi connectivity index (χ2v) is 4.65. The summed E-state index contributed by atoms with van der Waals surface area (Å²) in [6, 6.07) is 3.81. The molecular formula is C13H19N3O. The second kappa shape index (κ2) is 5.17. The van der Waals surface area contributed by atoms with Gasteiger partial charge >= 0.3 is 0 Å². The third-order valence-electron chi connectivity index (χ3n) is 3.48. The first-order valence-electron chi connectivity index (χ1n) is 6.18. The third kappa shape index (κ3) is 2.57. The molecule has 1 heterocycles. The number of rotatable bonds is 2. The van der Waals surface area contributed by atoms with Gasteiger partial charge in [0.1, 0.15) is 0 Å². The lowest BCUT2D eigenvalue weighted by Crippen LogP contribution is -2.38. The van der Waals surface area contributed by atoms with Gasteiger partial charge in [0, 0.05) is 19.3 Å². The minimum absolute atomic E-state index is 0.0602. The van der Waals surface area contributed by atoms with Gasteiger partial charge in [0.25, 0.3) is 5.91 Å². The third-order valence-corrected chi connectivity index (χ3v) is 3.48. The van der Waals surface area contributed by atoms with E-state index in [2.05, 4.69) is 4.98 Å². The van der Waals surface area contributed by atoms with Crippen LogP contribution in [0.15, 0.2) is 18.3 Å². The van der Waals surface area contributed by atoms with Gasteiger partial charge in [-0.2, -0.15) is 0 Å². The Bertz CT molecular complexity index is 399. The zero-order chi connectivity index (χ0) is 12.3. The Morgan fingerprint density at radius 1 is 1.41 bits per heavy atom. The molecule has 0 aliphatic heterocycles. The molecule has 1 fully saturated rings. The van der Waals surface area contributed by atoms with Crippen molar-refractivity contribution >= 4 is 11.6 Å². The quantitative estimate of drug-likeness (QED) is 0.850. The molecule has 4 nitrogen and oxygen atoms in total. The smallest absolute Gasteiger partial charge is 0.274 e. The van der Waals surface area contributed by atoms with E-state index in [0.717, 1.165) is 12.8 Å². The van der Waals surface area contributed by atoms with Crippen LogP contribution >= 0.6 is 0 Å². The summed E-state index contributed by atoms with van der Waals surface area (Å²) in [5, 5.41) is 0. The summed E-state index contributed by atoms with van der Waals surface area (Å²) in [7, 11) is 1.85. The SMILES string of the molecule is CN(C(=O)c1ncccc1N)C1CCCCC1. The van der Waals surface area contributed by atoms with E-state index < -0.39 is 0 Å². The molecule has 92 valence electrons. The molecule has 1 aliphatic rings. The highest BCUT2D eigenvalue weighted by atomic mass is 16.2. The van der Waals surface area contributed by atoms with Gasteiger partial charge in [-0.1, -0.05) is 19.3 Å². The van der Waals surface area contributed by atoms with Crippen molar-refractivity contribution in [3.8, 4) is 0 Å². The van der Waals surface area contributed by atoms with Gasteiger partial charge < -0.3 is 10.6 Å². The van der Waals surface area contributed by atoms with Crippen molar-refractivity contribution in [2.45, 2.75) is 38.1 Å². The number of pyridine rings is 1. The topological polar surface area (TPSA) is 59.2 Å². The number of nitrogens with two attached hydrogens (primary N) is 1. The lowest BCUT2D eigenvalue weighted by molar-refractivity contribution is 0.0691. The Morgan fingerprint density at radius 2 is 2.12 bits per heavy atom. The molecule has 1 amide bonds. The Morgan fingerprint density at radius 3 is 2.76 bits per heavy atom. The number of carbonyl (C=O) groups excluding carboxylic acids is 1. The summed E-state index contributed by atoms with van der Waals surface area (Å²) in [4.78, 5) is 18.1. The Kier molecular flexibility index (Phi) is 3.61. The van der Waals surface area contributed by atoms with Gasteiger partial charge in [0.05, 0.1) is 5.69 Å². The zero-order valence-corrected chi connectivity index (χ0v) is 10.2. The lowest BCUT2D eigenvalue weighted by Gasteiger charge is -2.31. The lowest BCUT2D eigenvalue weighted by atomic mass is 9.94. The molecule has 1 aliphatic carbocycles. The molecule has 4 heteroatoms. The van der Waals surface area contributed by atoms with Crippen molar-refractivity contribution in [2.75, 3.05) is 12.8 Å². The van der Waals surface area contributed by atoms with Gasteiger partial charge in [-0.15, -0.1) is 0 Å². The summed E-state index contributed by atoms with van der Waals surface area (Å²) >= 11 is 0. The molecule has 1 saturated carbocycles. The predicted octanol–water partition coefficient (Wildman–Crippen LogP) is 2.07. The van der Waals surface area contributed by atoms with Gasteiger partial charge in [0.15, 0.2) is 5.69 Å². The van der Waals surface area contributed by atoms with Crippen LogP contribution in [-0.2, 0) is 0 Å². The number of hydrogen-bond donors (Lipinski definition) is 1. The number of hydrogen-bond acceptors (Lipinski definition) is 3. The highest BCUT2D eigenvalue weighted by Gasteiger charge is 2.24. The van der Waals surface area contributed by atoms with E-state index in [0.29, 0.717) is 17.4 Å². The normalized spacial score (nSPS) is 16.8. The van der Waals surface area contributed by atoms with Crippen molar-refractivity contribution in [3.63, 3.8) is 0 Å². The molecule has 1 aromatic rings. The zero-order valence-electron chi connectivity index (χ0n) is 10.2. The minimum Gasteiger partial charge on any atom is -0.397 e. The summed E-state index contributed by atoms with van der Waals surface area (Å²) in [6.07, 6.45) is 7.49. The molecule has 0 unspecified atom stereocenters. The molecule has 0 spiro atoms. The van der Waals surface area contributed by atoms with E-state index in [1.807, 2.05) is 7.05 Å². The largest absolute Gasteiger partial charge is 0.397 e. The van der Waals surface area contributed by atoms with E-state index in [1.54, 1.807) is 23.2 Å². The fourth-order valence-electron chi connectivity index (χ4n) is 2.40. The van der Waals surface area contributed by atoms with Crippen LogP contribution in [-0.4, -0.2) is 28.9 Å². The van der Waals surface area contributed by atoms with Crippen LogP contribution in [0, 0.1) is 0 Å². The highest BCUT2D eigenvalue weighted by molar-refractivity contribution is 5.97. The van der Waals surface area contributed by atoms with Crippen LogP contribution < -0.4 is 5.73 Å². The van der Waals surface area contributed by atoms with Gasteiger partial charge in [-0.25, -0.2) is 4.98 Å². The second-order valence-electron chi connectivity index (χ2n) is 4.65. The number of carbonyl (C=O) groups is 1. The number of nitrogens with zero attached hydrogens (tertiary/aromatic N) is 2. The van der Waals surface area contributed by atoms with Crippen LogP contribution in [0.4, 0.5) is 5.69 Å². The fourth-order valence-corrected chi connectivity index (χ4v) is 2.40. The summed E-state index contributed by atoms with van der Waals surface area (Å²) in [6.45, 7) is 0. The Balaban J connectivity index is 2.11. The van der Waals surface area contributed by atoms with Crippen molar-refractivity contribution < 1.29 is 4.79 Å². The Hall–Kier alpha value is -1.58. The summed E-state index contributed by atoms with van der Waals surface area (Å²) in [5.74, 6) is -0.0602. The maximum absolute atomic E-state index is 12.2. The molecule has 0 atom stereocenters. The van der Waals surface area contributed by atoms with E-state index >= 15 is 0 Å². The average Bonchev–Trinajstić information content (AvgIpc) is 2.39. The first-order valence-corrected chi connectivity index (χ1v) is 6.18. The average molecular weight is 233 g/mol. The molecule has 0 aromatic carbocycles. The predicted molar refractivity (Wildman–Crippen MR) is 67.6 cm³/mol. The van der Waals surface area contributed by atoms with Crippen molar-refractivity contribution in [2.24, 2.45) is 0 Å². The first kappa shape index (κ1) is 11.9. The van der Waals surface area contributed by atoms with Crippen LogP contribution in [0.25, 0.3) is 0 Å². The number of amides is 1. The maximum Gasteiger partial charge on any atom is 0.274 e. The number of nitrogen functional groups attached to an aromatic ring is 1. The van der Waals surface area contributed by atoms with Gasteiger partial charge in [-0.3, -0.25) is 4.79 Å². The number of anilines is 1. The molecular weight excluding hydrogens is 214 g/mol. The monoisotopic (exact) mass is 233 g/mol. The molecule has 0 radical (unpaired) electrons. The molecule has 2 rings (SSSR count). The molecule has 17 heavy (non-hydrogen) atoms. The van der Waals surface area contributed by atoms with E-state index in [1.165, 1.54) is 19.3 Å². The molecule has 1 aromatic heterocycles. The van der Waals surface area contributed by atoms with E-state index in [9.17, 15) is 4.79 Å². The highest BCUT2D eigenvalue weighted by Crippen LogP contribution is 2.23. The first-order chi connectivity index (χ1) is 8.20. The molecule has 0 bridgehead atoms. The van der Waals surface area contributed by atoms with Crippen LogP contribution in [0.5, 0.6) is 0 Å². The maximum atomic E-state index is 12.2. The van der Waals surface area contributed by atoms with Crippen LogP contribution in [0.3, 0.4) is 0 Å². The van der Waals surface area contributed by atoms with Gasteiger partial charge in [0.2, 0.25) is 0 Å². The van der Waals surface area contributed by atoms with Crippen molar-refractivity contribution in [3.05, 3.63) is 24.0 Å². The van der Waals surface area contributed by atoms with Crippen LogP contribution in [0.1, 0.15) is 42.6 Å². The molecule has 2 N–H and O–H groups in total. The fraction of sp³-hybridized carbons (Fsp3) is 0.538. The van der Waals surface area contributed by atoms with Crippen LogP contribution in [0.2, 0.25) is 0 Å². The van der Waals surface area contributed by atoms with E-state index in [4.69, 9.17) is 5.73 Å². The standard InChI is InChI=1S/C13H19N3O/c1-16(10-6-3-2-4-7-10)13(17)12-11(14)8-5-9-15-12/h5,8-10H,2-4,6-7,14H2,1H3. The van der Waals surface area contributed by atoms with Crippen molar-refractivity contribution in [1.82, 2.24) is 9.88 Å². The van der Waals surface area contributed by atoms with Crippen molar-refractivity contribution in [1.29, 1.82) is 0 Å². The van der Waals surface area contributed by atoms with Gasteiger partial charge in [-0.05, 0) is 25.0 Å². The number of aromatic nitrogens is 1.